The summed E-state index contributed by atoms with van der Waals surface area (Å²) < 4.78 is 5.28. The fraction of sp³-hybridized carbons (Fsp3) is 0.656. The van der Waals surface area contributed by atoms with Crippen LogP contribution in [-0.4, -0.2) is 65.2 Å². The monoisotopic (exact) mass is 572 g/mol. The third kappa shape index (κ3) is 11.5. The Morgan fingerprint density at radius 1 is 0.878 bits per heavy atom. The highest BCUT2D eigenvalue weighted by Gasteiger charge is 2.50. The maximum atomic E-state index is 13.4. The molecular formula is C32H48N2O7. The maximum absolute atomic E-state index is 13.4. The first-order chi connectivity index (χ1) is 19.2. The topological polar surface area (TPSA) is 142 Å². The molecule has 0 saturated carbocycles. The number of carbonyl (C=O) groups excluding carboxylic acids is 5. The molecule has 3 N–H and O–H groups in total. The molecule has 0 radical (unpaired) electrons. The number of ether oxygens (including phenoxy) is 1. The molecule has 1 fully saturated rings. The van der Waals surface area contributed by atoms with Crippen molar-refractivity contribution in [1.82, 2.24) is 10.6 Å². The molecule has 1 aliphatic rings. The summed E-state index contributed by atoms with van der Waals surface area (Å²) in [6.45, 7) is 10.6. The first kappa shape index (κ1) is 34.3. The van der Waals surface area contributed by atoms with E-state index in [2.05, 4.69) is 10.6 Å². The van der Waals surface area contributed by atoms with Gasteiger partial charge in [0.1, 0.15) is 11.4 Å². The van der Waals surface area contributed by atoms with E-state index in [0.717, 1.165) is 5.56 Å². The Morgan fingerprint density at radius 2 is 1.41 bits per heavy atom. The third-order valence-electron chi connectivity index (χ3n) is 7.42. The van der Waals surface area contributed by atoms with Gasteiger partial charge >= 0.3 is 0 Å². The number of hydrogen-bond donors (Lipinski definition) is 3. The zero-order chi connectivity index (χ0) is 30.7. The molecule has 0 unspecified atom stereocenters. The van der Waals surface area contributed by atoms with Crippen molar-refractivity contribution in [3.05, 3.63) is 35.9 Å². The summed E-state index contributed by atoms with van der Waals surface area (Å²) in [6, 6.07) is 8.01. The Labute approximate surface area is 244 Å². The number of nitrogens with one attached hydrogen (secondary N) is 2. The van der Waals surface area contributed by atoms with Gasteiger partial charge in [-0.1, -0.05) is 58.0 Å². The van der Waals surface area contributed by atoms with Crippen molar-refractivity contribution in [1.29, 1.82) is 0 Å². The van der Waals surface area contributed by atoms with Gasteiger partial charge in [-0.05, 0) is 56.9 Å². The summed E-state index contributed by atoms with van der Waals surface area (Å²) in [7, 11) is 0. The second kappa shape index (κ2) is 15.9. The number of rotatable bonds is 19. The van der Waals surface area contributed by atoms with E-state index >= 15 is 0 Å². The van der Waals surface area contributed by atoms with E-state index in [-0.39, 0.29) is 47.9 Å². The highest BCUT2D eigenvalue weighted by molar-refractivity contribution is 5.98. The number of aryl methyl sites for hydroxylation is 1. The number of hydrogen-bond acceptors (Lipinski definition) is 7. The molecule has 1 heterocycles. The van der Waals surface area contributed by atoms with Gasteiger partial charge in [0.2, 0.25) is 11.8 Å². The molecule has 228 valence electrons. The lowest BCUT2D eigenvalue weighted by molar-refractivity contribution is -0.136. The maximum Gasteiger partial charge on any atom is 0.226 e. The van der Waals surface area contributed by atoms with E-state index in [9.17, 15) is 29.1 Å². The molecule has 9 heteroatoms. The summed E-state index contributed by atoms with van der Waals surface area (Å²) in [6.07, 6.45) is 1.59. The van der Waals surface area contributed by atoms with Crippen molar-refractivity contribution >= 4 is 29.2 Å². The van der Waals surface area contributed by atoms with Gasteiger partial charge in [-0.3, -0.25) is 19.2 Å². The molecule has 1 aromatic rings. The van der Waals surface area contributed by atoms with E-state index < -0.39 is 42.0 Å². The fourth-order valence-electron chi connectivity index (χ4n) is 4.93. The molecule has 2 amide bonds. The summed E-state index contributed by atoms with van der Waals surface area (Å²) in [5, 5.41) is 15.6. The van der Waals surface area contributed by atoms with Crippen molar-refractivity contribution < 1.29 is 33.8 Å². The molecule has 0 aliphatic carbocycles. The number of benzene rings is 1. The van der Waals surface area contributed by atoms with Crippen molar-refractivity contribution in [2.75, 3.05) is 13.2 Å². The first-order valence-electron chi connectivity index (χ1n) is 14.7. The van der Waals surface area contributed by atoms with E-state index in [1.807, 2.05) is 58.0 Å². The largest absolute Gasteiger partial charge is 0.396 e. The normalized spacial score (nSPS) is 19.2. The average molecular weight is 573 g/mol. The Bertz CT molecular complexity index is 1050. The van der Waals surface area contributed by atoms with Crippen LogP contribution >= 0.6 is 0 Å². The van der Waals surface area contributed by atoms with Crippen molar-refractivity contribution in [2.24, 2.45) is 23.7 Å². The number of aliphatic hydroxyl groups is 1. The molecule has 1 saturated heterocycles. The quantitative estimate of drug-likeness (QED) is 0.216. The van der Waals surface area contributed by atoms with Crippen LogP contribution in [0.25, 0.3) is 0 Å². The minimum Gasteiger partial charge on any atom is -0.396 e. The van der Waals surface area contributed by atoms with Gasteiger partial charge in [-0.2, -0.15) is 0 Å². The van der Waals surface area contributed by atoms with Crippen molar-refractivity contribution in [3.8, 4) is 0 Å². The molecule has 0 spiro atoms. The molecule has 2 rings (SSSR count). The van der Waals surface area contributed by atoms with Gasteiger partial charge in [0.15, 0.2) is 11.6 Å². The van der Waals surface area contributed by atoms with Gasteiger partial charge in [0.25, 0.3) is 0 Å². The van der Waals surface area contributed by atoms with Crippen LogP contribution in [0.1, 0.15) is 79.2 Å². The Morgan fingerprint density at radius 3 is 1.93 bits per heavy atom. The number of amides is 2. The molecule has 41 heavy (non-hydrogen) atoms. The number of aliphatic hydroxyl groups excluding tert-OH is 1. The van der Waals surface area contributed by atoms with Crippen LogP contribution in [0, 0.1) is 23.7 Å². The highest BCUT2D eigenvalue weighted by atomic mass is 16.6. The summed E-state index contributed by atoms with van der Waals surface area (Å²) in [4.78, 5) is 64.7. The van der Waals surface area contributed by atoms with Crippen molar-refractivity contribution in [3.63, 3.8) is 0 Å². The second-order valence-corrected chi connectivity index (χ2v) is 12.4. The van der Waals surface area contributed by atoms with Crippen LogP contribution in [-0.2, 0) is 35.1 Å². The van der Waals surface area contributed by atoms with Crippen LogP contribution in [0.15, 0.2) is 30.3 Å². The molecule has 0 aromatic heterocycles. The minimum atomic E-state index is -1.07. The van der Waals surface area contributed by atoms with Crippen molar-refractivity contribution in [2.45, 2.75) is 97.8 Å². The fourth-order valence-corrected chi connectivity index (χ4v) is 4.93. The van der Waals surface area contributed by atoms with Gasteiger partial charge < -0.3 is 25.3 Å². The minimum absolute atomic E-state index is 0.0635. The van der Waals surface area contributed by atoms with Gasteiger partial charge in [-0.25, -0.2) is 0 Å². The third-order valence-corrected chi connectivity index (χ3v) is 7.42. The lowest BCUT2D eigenvalue weighted by atomic mass is 9.90. The molecule has 5 atom stereocenters. The standard InChI is InChI=1S/C32H48N2O7/c1-20(2)14-26(33-30(39)24(16-22(5)36)13-12-23-10-8-7-9-11-23)28(37)17-25(18-35)31(40)34-27(15-21(3)4)29(38)32(6)19-41-32/h7-11,20-21,24-27,35H,12-19H2,1-6H3,(H,33,39)(H,34,40)/t24-,25+,26+,27+,32-/m1/s1. The molecular weight excluding hydrogens is 524 g/mol. The van der Waals surface area contributed by atoms with Gasteiger partial charge in [0.05, 0.1) is 31.2 Å². The van der Waals surface area contributed by atoms with Crippen LogP contribution in [0.2, 0.25) is 0 Å². The Hall–Kier alpha value is -2.91. The summed E-state index contributed by atoms with van der Waals surface area (Å²) in [5.41, 5.74) is 0.137. The predicted octanol–water partition coefficient (Wildman–Crippen LogP) is 3.20. The number of ketones is 3. The van der Waals surface area contributed by atoms with E-state index in [1.54, 1.807) is 6.92 Å². The van der Waals surface area contributed by atoms with Crippen LogP contribution < -0.4 is 10.6 Å². The molecule has 9 nitrogen and oxygen atoms in total. The average Bonchev–Trinajstić information content (AvgIpc) is 3.66. The smallest absolute Gasteiger partial charge is 0.226 e. The van der Waals surface area contributed by atoms with E-state index in [0.29, 0.717) is 32.3 Å². The zero-order valence-electron chi connectivity index (χ0n) is 25.4. The van der Waals surface area contributed by atoms with Gasteiger partial charge in [-0.15, -0.1) is 0 Å². The summed E-state index contributed by atoms with van der Waals surface area (Å²) >= 11 is 0. The lowest BCUT2D eigenvalue weighted by Crippen LogP contribution is -2.50. The van der Waals surface area contributed by atoms with Crippen LogP contribution in [0.5, 0.6) is 0 Å². The molecule has 1 aliphatic heterocycles. The number of epoxide rings is 1. The molecule has 1 aromatic carbocycles. The van der Waals surface area contributed by atoms with Gasteiger partial charge in [0, 0.05) is 18.8 Å². The van der Waals surface area contributed by atoms with Crippen LogP contribution in [0.4, 0.5) is 0 Å². The number of carbonyl (C=O) groups is 5. The predicted molar refractivity (Wildman–Crippen MR) is 156 cm³/mol. The van der Waals surface area contributed by atoms with E-state index in [1.165, 1.54) is 6.92 Å². The highest BCUT2D eigenvalue weighted by Crippen LogP contribution is 2.30. The SMILES string of the molecule is CC(=O)C[C@@H](CCc1ccccc1)C(=O)N[C@@H](CC(C)C)C(=O)C[C@@H](CO)C(=O)N[C@@H](CC(C)C)C(=O)[C@@]1(C)CO1. The summed E-state index contributed by atoms with van der Waals surface area (Å²) in [5.74, 6) is -3.16. The van der Waals surface area contributed by atoms with E-state index in [4.69, 9.17) is 4.74 Å². The zero-order valence-corrected chi connectivity index (χ0v) is 25.4. The number of Topliss-reactive ketones (excluding diaryl/α,β-unsaturated/α-hetero) is 3. The first-order valence-corrected chi connectivity index (χ1v) is 14.7. The lowest BCUT2D eigenvalue weighted by Gasteiger charge is -2.26. The second-order valence-electron chi connectivity index (χ2n) is 12.4. The molecule has 0 bridgehead atoms. The Balaban J connectivity index is 2.10. The van der Waals surface area contributed by atoms with Crippen LogP contribution in [0.3, 0.4) is 0 Å². The Kier molecular flexibility index (Phi) is 13.3.